The van der Waals surface area contributed by atoms with Crippen molar-refractivity contribution in [2.45, 2.75) is 47.5 Å². The van der Waals surface area contributed by atoms with E-state index in [1.165, 1.54) is 16.8 Å². The van der Waals surface area contributed by atoms with Crippen LogP contribution in [0.15, 0.2) is 103 Å². The topological polar surface area (TPSA) is 44.9 Å². The molecule has 0 aliphatic carbocycles. The van der Waals surface area contributed by atoms with Gasteiger partial charge in [-0.05, 0) is 65.6 Å². The minimum Gasteiger partial charge on any atom is -0.509 e. The summed E-state index contributed by atoms with van der Waals surface area (Å²) in [6, 6.07) is 40.2. The molecule has 6 heteroatoms. The third-order valence-corrected chi connectivity index (χ3v) is 8.04. The summed E-state index contributed by atoms with van der Waals surface area (Å²) in [5, 5.41) is 7.39. The van der Waals surface area contributed by atoms with Gasteiger partial charge in [0.1, 0.15) is 5.82 Å². The van der Waals surface area contributed by atoms with Crippen LogP contribution in [0, 0.1) is 24.5 Å². The second-order valence-electron chi connectivity index (χ2n) is 12.8. The van der Waals surface area contributed by atoms with Gasteiger partial charge in [0.05, 0.1) is 11.4 Å². The fraction of sp³-hybridized carbons (Fsp3) is 0.200. The van der Waals surface area contributed by atoms with Crippen LogP contribution in [0.5, 0.6) is 11.5 Å². The summed E-state index contributed by atoms with van der Waals surface area (Å²) in [6.07, 6.45) is 3.55. The second-order valence-corrected chi connectivity index (χ2v) is 12.8. The Balaban J connectivity index is 0.00000372. The number of rotatable bonds is 7. The van der Waals surface area contributed by atoms with E-state index in [2.05, 4.69) is 129 Å². The van der Waals surface area contributed by atoms with Crippen LogP contribution in [-0.2, 0) is 33.9 Å². The maximum Gasteiger partial charge on any atom is 2.00 e. The summed E-state index contributed by atoms with van der Waals surface area (Å²) in [7, 11) is 0. The molecule has 0 radical (unpaired) electrons. The first-order valence-electron chi connectivity index (χ1n) is 15.5. The molecule has 0 atom stereocenters. The summed E-state index contributed by atoms with van der Waals surface area (Å²) in [4.78, 5) is 4.70. The van der Waals surface area contributed by atoms with Crippen molar-refractivity contribution in [2.24, 2.45) is 5.41 Å². The van der Waals surface area contributed by atoms with Gasteiger partial charge in [0.15, 0.2) is 0 Å². The molecule has 0 amide bonds. The average molecular weight is 784 g/mol. The summed E-state index contributed by atoms with van der Waals surface area (Å²) < 4.78 is 10.7. The number of aromatic nitrogens is 4. The molecule has 232 valence electrons. The molecular formula is C40H36N4OPt. The molecule has 7 aromatic rings. The molecule has 0 aliphatic rings. The number of ether oxygens (including phenoxy) is 1. The van der Waals surface area contributed by atoms with Gasteiger partial charge in [0, 0.05) is 28.8 Å². The Kier molecular flexibility index (Phi) is 8.72. The Bertz CT molecular complexity index is 2150. The first-order valence-corrected chi connectivity index (χ1v) is 15.5. The zero-order valence-corrected chi connectivity index (χ0v) is 29.0. The van der Waals surface area contributed by atoms with Crippen molar-refractivity contribution in [1.29, 1.82) is 0 Å². The quantitative estimate of drug-likeness (QED) is 0.151. The predicted molar refractivity (Wildman–Crippen MR) is 183 cm³/mol. The Hall–Kier alpha value is -4.47. The predicted octanol–water partition coefficient (Wildman–Crippen LogP) is 9.88. The van der Waals surface area contributed by atoms with Crippen molar-refractivity contribution in [2.75, 3.05) is 0 Å². The van der Waals surface area contributed by atoms with Crippen molar-refractivity contribution >= 4 is 21.8 Å². The molecule has 3 heterocycles. The summed E-state index contributed by atoms with van der Waals surface area (Å²) in [5.41, 5.74) is 8.73. The van der Waals surface area contributed by atoms with Crippen LogP contribution in [0.4, 0.5) is 0 Å². The normalized spacial score (nSPS) is 11.6. The number of hydrogen-bond donors (Lipinski definition) is 0. The maximum atomic E-state index is 6.46. The maximum absolute atomic E-state index is 6.46. The van der Waals surface area contributed by atoms with E-state index in [0.29, 0.717) is 11.5 Å². The Morgan fingerprint density at radius 3 is 2.33 bits per heavy atom. The van der Waals surface area contributed by atoms with Gasteiger partial charge in [-0.15, -0.1) is 35.7 Å². The Morgan fingerprint density at radius 1 is 0.804 bits per heavy atom. The average Bonchev–Trinajstić information content (AvgIpc) is 3.55. The number of aryl methyl sites for hydroxylation is 2. The van der Waals surface area contributed by atoms with Crippen LogP contribution in [0.25, 0.3) is 44.4 Å². The summed E-state index contributed by atoms with van der Waals surface area (Å²) >= 11 is 0. The fourth-order valence-electron chi connectivity index (χ4n) is 6.11. The minimum atomic E-state index is 0. The van der Waals surface area contributed by atoms with Crippen LogP contribution in [-0.4, -0.2) is 19.3 Å². The molecule has 46 heavy (non-hydrogen) atoms. The van der Waals surface area contributed by atoms with E-state index in [1.54, 1.807) is 0 Å². The standard InChI is InChI=1S/C40H36N4O.Pt/c1-6-34-39(28-13-8-7-9-14-28)37(26-40(3,4)5)44(42-34)29-15-12-16-30(24-29)45-31-19-20-33-32-17-10-11-18-35(32)43(36(33)25-31)38-23-27(2)21-22-41-38;/h7-23H,6,26H2,1-5H3;/q-2;+2. The van der Waals surface area contributed by atoms with Gasteiger partial charge in [-0.25, -0.2) is 4.98 Å². The van der Waals surface area contributed by atoms with E-state index in [1.807, 2.05) is 30.5 Å². The van der Waals surface area contributed by atoms with Crippen LogP contribution in [0.1, 0.15) is 44.6 Å². The first kappa shape index (κ1) is 31.5. The van der Waals surface area contributed by atoms with Crippen molar-refractivity contribution in [1.82, 2.24) is 19.3 Å². The molecule has 0 saturated carbocycles. The molecule has 0 bridgehead atoms. The largest absolute Gasteiger partial charge is 2.00 e. The molecule has 0 aliphatic heterocycles. The number of hydrogen-bond acceptors (Lipinski definition) is 3. The van der Waals surface area contributed by atoms with Crippen molar-refractivity contribution in [3.05, 3.63) is 132 Å². The van der Waals surface area contributed by atoms with Gasteiger partial charge in [-0.1, -0.05) is 81.7 Å². The molecular weight excluding hydrogens is 748 g/mol. The van der Waals surface area contributed by atoms with Crippen LogP contribution >= 0.6 is 0 Å². The molecule has 0 unspecified atom stereocenters. The summed E-state index contributed by atoms with van der Waals surface area (Å²) in [5.74, 6) is 2.08. The van der Waals surface area contributed by atoms with Crippen molar-refractivity contribution in [3.63, 3.8) is 0 Å². The molecule has 7 rings (SSSR count). The molecule has 5 nitrogen and oxygen atoms in total. The summed E-state index contributed by atoms with van der Waals surface area (Å²) in [6.45, 7) is 11.1. The van der Waals surface area contributed by atoms with E-state index in [-0.39, 0.29) is 26.5 Å². The van der Waals surface area contributed by atoms with Crippen molar-refractivity contribution < 1.29 is 25.8 Å². The molecule has 3 aromatic heterocycles. The zero-order valence-electron chi connectivity index (χ0n) is 26.7. The van der Waals surface area contributed by atoms with E-state index in [9.17, 15) is 0 Å². The number of pyridine rings is 1. The molecule has 0 spiro atoms. The van der Waals surface area contributed by atoms with Crippen LogP contribution < -0.4 is 4.74 Å². The van der Waals surface area contributed by atoms with Gasteiger partial charge in [0.25, 0.3) is 0 Å². The smallest absolute Gasteiger partial charge is 0.509 e. The number of fused-ring (bicyclic) bond motifs is 3. The SMILES string of the molecule is CCc1nn(-c2[c-]c(Oc3[c-]c4c(cc3)c3ccccc3n4-c3cc(C)ccn3)ccc2)c(CC(C)(C)C)c1-c1ccccc1.[Pt+2]. The third kappa shape index (κ3) is 6.04. The number of para-hydroxylation sites is 1. The van der Waals surface area contributed by atoms with E-state index in [0.717, 1.165) is 57.4 Å². The van der Waals surface area contributed by atoms with Crippen LogP contribution in [0.2, 0.25) is 0 Å². The monoisotopic (exact) mass is 783 g/mol. The van der Waals surface area contributed by atoms with Gasteiger partial charge < -0.3 is 9.30 Å². The van der Waals surface area contributed by atoms with E-state index < -0.39 is 0 Å². The number of benzene rings is 4. The Morgan fingerprint density at radius 2 is 1.57 bits per heavy atom. The van der Waals surface area contributed by atoms with E-state index >= 15 is 0 Å². The van der Waals surface area contributed by atoms with Crippen LogP contribution in [0.3, 0.4) is 0 Å². The van der Waals surface area contributed by atoms with E-state index in [4.69, 9.17) is 14.8 Å². The third-order valence-electron chi connectivity index (χ3n) is 8.04. The second kappa shape index (κ2) is 12.7. The fourth-order valence-corrected chi connectivity index (χ4v) is 6.11. The van der Waals surface area contributed by atoms with Gasteiger partial charge in [0.2, 0.25) is 0 Å². The minimum absolute atomic E-state index is 0. The zero-order chi connectivity index (χ0) is 31.1. The Labute approximate surface area is 285 Å². The molecule has 0 N–H and O–H groups in total. The first-order chi connectivity index (χ1) is 21.8. The number of nitrogens with zero attached hydrogens (tertiary/aromatic N) is 4. The van der Waals surface area contributed by atoms with Crippen molar-refractivity contribution in [3.8, 4) is 34.1 Å². The van der Waals surface area contributed by atoms with Gasteiger partial charge >= 0.3 is 21.1 Å². The van der Waals surface area contributed by atoms with Gasteiger partial charge in [-0.2, -0.15) is 17.2 Å². The molecule has 0 saturated heterocycles. The molecule has 0 fully saturated rings. The van der Waals surface area contributed by atoms with Gasteiger partial charge in [-0.3, -0.25) is 4.68 Å². The molecule has 4 aromatic carbocycles.